The fourth-order valence-corrected chi connectivity index (χ4v) is 2.96. The molecule has 4 amide bonds. The van der Waals surface area contributed by atoms with Gasteiger partial charge in [0.15, 0.2) is 0 Å². The lowest BCUT2D eigenvalue weighted by Crippen LogP contribution is -2.39. The van der Waals surface area contributed by atoms with Crippen LogP contribution in [0.3, 0.4) is 0 Å². The van der Waals surface area contributed by atoms with Crippen LogP contribution in [-0.4, -0.2) is 29.5 Å². The van der Waals surface area contributed by atoms with Crippen LogP contribution in [0.5, 0.6) is 0 Å². The zero-order chi connectivity index (χ0) is 20.4. The van der Waals surface area contributed by atoms with Gasteiger partial charge >= 0.3 is 6.03 Å². The molecule has 2 atom stereocenters. The standard InChI is InChI=1S/C19H30N4O4/c1-12(2)10-16(17(20)25)15(4-3-9-22-19(21)27)18(26)23-14-7-5-13(11-24)6-8-14/h5-8,12,15-16,24H,3-4,9-11H2,1-2H3,(H2,20,25)(H,23,26)(H3,21,22,27)/t15-,16?/m0/s1. The Kier molecular flexibility index (Phi) is 9.29. The summed E-state index contributed by atoms with van der Waals surface area (Å²) in [5, 5.41) is 14.4. The number of benzene rings is 1. The first-order valence-electron chi connectivity index (χ1n) is 9.07. The Balaban J connectivity index is 2.89. The van der Waals surface area contributed by atoms with Crippen LogP contribution in [0.4, 0.5) is 10.5 Å². The van der Waals surface area contributed by atoms with E-state index in [0.717, 1.165) is 5.56 Å². The van der Waals surface area contributed by atoms with E-state index in [0.29, 0.717) is 31.5 Å². The third kappa shape index (κ3) is 8.08. The zero-order valence-corrected chi connectivity index (χ0v) is 15.9. The van der Waals surface area contributed by atoms with Crippen molar-refractivity contribution in [1.29, 1.82) is 0 Å². The molecule has 1 aromatic carbocycles. The van der Waals surface area contributed by atoms with Crippen molar-refractivity contribution < 1.29 is 19.5 Å². The first-order valence-corrected chi connectivity index (χ1v) is 9.07. The van der Waals surface area contributed by atoms with Crippen LogP contribution in [0.25, 0.3) is 0 Å². The van der Waals surface area contributed by atoms with Crippen molar-refractivity contribution in [2.45, 2.75) is 39.7 Å². The van der Waals surface area contributed by atoms with Crippen molar-refractivity contribution in [1.82, 2.24) is 5.32 Å². The molecule has 1 unspecified atom stereocenters. The number of rotatable bonds is 11. The number of amides is 4. The summed E-state index contributed by atoms with van der Waals surface area (Å²) in [6.45, 7) is 4.17. The number of aliphatic hydroxyl groups is 1. The van der Waals surface area contributed by atoms with E-state index in [4.69, 9.17) is 16.6 Å². The van der Waals surface area contributed by atoms with Crippen LogP contribution in [0.1, 0.15) is 38.7 Å². The number of carbonyl (C=O) groups is 3. The van der Waals surface area contributed by atoms with Gasteiger partial charge in [0.25, 0.3) is 0 Å². The highest BCUT2D eigenvalue weighted by molar-refractivity contribution is 5.95. The topological polar surface area (TPSA) is 148 Å². The predicted octanol–water partition coefficient (Wildman–Crippen LogP) is 1.33. The van der Waals surface area contributed by atoms with E-state index in [1.165, 1.54) is 0 Å². The molecule has 0 radical (unpaired) electrons. The van der Waals surface area contributed by atoms with Gasteiger partial charge < -0.3 is 27.2 Å². The Morgan fingerprint density at radius 2 is 1.70 bits per heavy atom. The van der Waals surface area contributed by atoms with Crippen LogP contribution in [-0.2, 0) is 16.2 Å². The summed E-state index contributed by atoms with van der Waals surface area (Å²) in [6.07, 6.45) is 1.38. The lowest BCUT2D eigenvalue weighted by molar-refractivity contribution is -0.131. The Hall–Kier alpha value is -2.61. The van der Waals surface area contributed by atoms with Crippen molar-refractivity contribution in [3.05, 3.63) is 29.8 Å². The maximum Gasteiger partial charge on any atom is 0.312 e. The molecule has 1 aromatic rings. The molecule has 0 saturated carbocycles. The third-order valence-corrected chi connectivity index (χ3v) is 4.31. The number of primary amides is 2. The number of nitrogens with one attached hydrogen (secondary N) is 2. The average Bonchev–Trinajstić information content (AvgIpc) is 2.60. The highest BCUT2D eigenvalue weighted by Crippen LogP contribution is 2.26. The van der Waals surface area contributed by atoms with Crippen molar-refractivity contribution >= 4 is 23.5 Å². The van der Waals surface area contributed by atoms with Crippen LogP contribution in [0.15, 0.2) is 24.3 Å². The molecular formula is C19H30N4O4. The van der Waals surface area contributed by atoms with Crippen LogP contribution >= 0.6 is 0 Å². The Morgan fingerprint density at radius 3 is 2.19 bits per heavy atom. The number of hydrogen-bond acceptors (Lipinski definition) is 4. The second kappa shape index (κ2) is 11.2. The minimum Gasteiger partial charge on any atom is -0.392 e. The van der Waals surface area contributed by atoms with Crippen molar-refractivity contribution in [3.63, 3.8) is 0 Å². The molecule has 0 aliphatic rings. The fourth-order valence-electron chi connectivity index (χ4n) is 2.96. The first kappa shape index (κ1) is 22.4. The molecule has 0 saturated heterocycles. The van der Waals surface area contributed by atoms with Gasteiger partial charge in [-0.2, -0.15) is 0 Å². The molecule has 0 heterocycles. The Bertz CT molecular complexity index is 631. The van der Waals surface area contributed by atoms with Gasteiger partial charge in [-0.15, -0.1) is 0 Å². The molecule has 0 bridgehead atoms. The number of carbonyl (C=O) groups excluding carboxylic acids is 3. The van der Waals surface area contributed by atoms with Crippen molar-refractivity contribution in [3.8, 4) is 0 Å². The molecule has 150 valence electrons. The summed E-state index contributed by atoms with van der Waals surface area (Å²) in [7, 11) is 0. The first-order chi connectivity index (χ1) is 12.7. The molecule has 27 heavy (non-hydrogen) atoms. The van der Waals surface area contributed by atoms with E-state index >= 15 is 0 Å². The molecule has 0 aromatic heterocycles. The minimum atomic E-state index is -0.631. The quantitative estimate of drug-likeness (QED) is 0.369. The second-order valence-electron chi connectivity index (χ2n) is 7.02. The van der Waals surface area contributed by atoms with Gasteiger partial charge in [-0.25, -0.2) is 4.79 Å². The highest BCUT2D eigenvalue weighted by atomic mass is 16.3. The monoisotopic (exact) mass is 378 g/mol. The molecule has 0 spiro atoms. The molecule has 7 N–H and O–H groups in total. The smallest absolute Gasteiger partial charge is 0.312 e. The predicted molar refractivity (Wildman–Crippen MR) is 103 cm³/mol. The lowest BCUT2D eigenvalue weighted by atomic mass is 9.81. The molecule has 0 aliphatic carbocycles. The number of anilines is 1. The van der Waals surface area contributed by atoms with Gasteiger partial charge in [-0.3, -0.25) is 9.59 Å². The second-order valence-corrected chi connectivity index (χ2v) is 7.02. The maximum absolute atomic E-state index is 12.8. The molecule has 0 fully saturated rings. The molecule has 1 rings (SSSR count). The largest absolute Gasteiger partial charge is 0.392 e. The SMILES string of the molecule is CC(C)CC(C(N)=O)[C@H](CCCNC(N)=O)C(=O)Nc1ccc(CO)cc1. The van der Waals surface area contributed by atoms with E-state index in [1.54, 1.807) is 24.3 Å². The molecule has 8 heteroatoms. The summed E-state index contributed by atoms with van der Waals surface area (Å²) in [6, 6.07) is 6.17. The van der Waals surface area contributed by atoms with Crippen molar-refractivity contribution in [2.24, 2.45) is 29.2 Å². The lowest BCUT2D eigenvalue weighted by Gasteiger charge is -2.25. The normalized spacial score (nSPS) is 13.0. The Morgan fingerprint density at radius 1 is 1.07 bits per heavy atom. The zero-order valence-electron chi connectivity index (χ0n) is 15.9. The van der Waals surface area contributed by atoms with Crippen LogP contribution in [0.2, 0.25) is 0 Å². The molecule has 0 aliphatic heterocycles. The number of urea groups is 1. The van der Waals surface area contributed by atoms with Gasteiger partial charge in [-0.1, -0.05) is 26.0 Å². The summed E-state index contributed by atoms with van der Waals surface area (Å²) in [5.74, 6) is -1.82. The van der Waals surface area contributed by atoms with E-state index in [9.17, 15) is 14.4 Å². The summed E-state index contributed by atoms with van der Waals surface area (Å²) < 4.78 is 0. The van der Waals surface area contributed by atoms with E-state index < -0.39 is 23.8 Å². The minimum absolute atomic E-state index is 0.0815. The number of aliphatic hydroxyl groups excluding tert-OH is 1. The van der Waals surface area contributed by atoms with Gasteiger partial charge in [0.05, 0.1) is 6.61 Å². The highest BCUT2D eigenvalue weighted by Gasteiger charge is 2.32. The van der Waals surface area contributed by atoms with Crippen LogP contribution < -0.4 is 22.1 Å². The van der Waals surface area contributed by atoms with E-state index in [-0.39, 0.29) is 18.4 Å². The number of nitrogens with two attached hydrogens (primary N) is 2. The van der Waals surface area contributed by atoms with Crippen molar-refractivity contribution in [2.75, 3.05) is 11.9 Å². The van der Waals surface area contributed by atoms with Gasteiger partial charge in [0.2, 0.25) is 11.8 Å². The average molecular weight is 378 g/mol. The van der Waals surface area contributed by atoms with Gasteiger partial charge in [0, 0.05) is 24.1 Å². The molecular weight excluding hydrogens is 348 g/mol. The summed E-state index contributed by atoms with van der Waals surface area (Å²) >= 11 is 0. The van der Waals surface area contributed by atoms with Crippen LogP contribution in [0, 0.1) is 17.8 Å². The summed E-state index contributed by atoms with van der Waals surface area (Å²) in [4.78, 5) is 35.6. The van der Waals surface area contributed by atoms with Gasteiger partial charge in [0.1, 0.15) is 0 Å². The van der Waals surface area contributed by atoms with Gasteiger partial charge in [-0.05, 0) is 42.9 Å². The molecule has 8 nitrogen and oxygen atoms in total. The fraction of sp³-hybridized carbons (Fsp3) is 0.526. The Labute approximate surface area is 159 Å². The summed E-state index contributed by atoms with van der Waals surface area (Å²) in [5.41, 5.74) is 11.9. The van der Waals surface area contributed by atoms with E-state index in [2.05, 4.69) is 10.6 Å². The maximum atomic E-state index is 12.8. The van der Waals surface area contributed by atoms with E-state index in [1.807, 2.05) is 13.8 Å². The third-order valence-electron chi connectivity index (χ3n) is 4.31. The number of hydrogen-bond donors (Lipinski definition) is 5.